The highest BCUT2D eigenvalue weighted by Gasteiger charge is 2.38. The van der Waals surface area contributed by atoms with Gasteiger partial charge < -0.3 is 0 Å². The third-order valence-electron chi connectivity index (χ3n) is 2.80. The smallest absolute Gasteiger partial charge is 0.298 e. The minimum absolute atomic E-state index is 0.0318. The number of halogens is 1. The highest BCUT2D eigenvalue weighted by molar-refractivity contribution is 6.52. The molecule has 1 aliphatic rings. The zero-order valence-electron chi connectivity index (χ0n) is 9.90. The molecule has 94 valence electrons. The lowest BCUT2D eigenvalue weighted by atomic mass is 10.1. The van der Waals surface area contributed by atoms with Crippen LogP contribution in [0.2, 0.25) is 0 Å². The molecule has 0 saturated heterocycles. The molecule has 0 aromatic heterocycles. The second-order valence-electron chi connectivity index (χ2n) is 4.15. The number of para-hydroxylation sites is 1. The lowest BCUT2D eigenvalue weighted by molar-refractivity contribution is -0.120. The SMILES string of the molecule is CCCC(=O)CN1C(=O)C(=O)c2cccc(F)c21. The predicted octanol–water partition coefficient (Wildman–Crippen LogP) is 1.72. The summed E-state index contributed by atoms with van der Waals surface area (Å²) in [5.74, 6) is -2.43. The first kappa shape index (κ1) is 12.4. The number of rotatable bonds is 4. The summed E-state index contributed by atoms with van der Waals surface area (Å²) in [5.41, 5.74) is -0.0405. The standard InChI is InChI=1S/C13H12FNO3/c1-2-4-8(16)7-15-11-9(12(17)13(15)18)5-3-6-10(11)14/h3,5-6H,2,4,7H2,1H3. The maximum absolute atomic E-state index is 13.7. The Hall–Kier alpha value is -2.04. The summed E-state index contributed by atoms with van der Waals surface area (Å²) >= 11 is 0. The van der Waals surface area contributed by atoms with Crippen LogP contribution in [0.3, 0.4) is 0 Å². The Morgan fingerprint density at radius 1 is 1.33 bits per heavy atom. The molecule has 0 saturated carbocycles. The van der Waals surface area contributed by atoms with Gasteiger partial charge in [-0.3, -0.25) is 19.3 Å². The van der Waals surface area contributed by atoms with Crippen molar-refractivity contribution >= 4 is 23.2 Å². The molecule has 0 atom stereocenters. The molecule has 5 heteroatoms. The number of hydrogen-bond donors (Lipinski definition) is 0. The fourth-order valence-corrected chi connectivity index (χ4v) is 2.00. The molecule has 0 radical (unpaired) electrons. The number of hydrogen-bond acceptors (Lipinski definition) is 3. The summed E-state index contributed by atoms with van der Waals surface area (Å²) in [6.45, 7) is 1.59. The molecule has 0 unspecified atom stereocenters. The van der Waals surface area contributed by atoms with Gasteiger partial charge in [-0.2, -0.15) is 0 Å². The summed E-state index contributed by atoms with van der Waals surface area (Å²) in [4.78, 5) is 35.8. The fraction of sp³-hybridized carbons (Fsp3) is 0.308. The van der Waals surface area contributed by atoms with Crippen LogP contribution >= 0.6 is 0 Å². The van der Waals surface area contributed by atoms with Gasteiger partial charge in [0.05, 0.1) is 17.8 Å². The van der Waals surface area contributed by atoms with E-state index in [9.17, 15) is 18.8 Å². The van der Waals surface area contributed by atoms with Crippen LogP contribution in [-0.4, -0.2) is 24.0 Å². The van der Waals surface area contributed by atoms with E-state index in [1.807, 2.05) is 6.92 Å². The third kappa shape index (κ3) is 1.92. The Kier molecular flexibility index (Phi) is 3.23. The second-order valence-corrected chi connectivity index (χ2v) is 4.15. The first-order valence-electron chi connectivity index (χ1n) is 5.72. The van der Waals surface area contributed by atoms with Crippen LogP contribution in [0.5, 0.6) is 0 Å². The number of Topliss-reactive ketones (excluding diaryl/α,β-unsaturated/α-hetero) is 2. The molecule has 0 spiro atoms. The molecule has 4 nitrogen and oxygen atoms in total. The number of ketones is 2. The summed E-state index contributed by atoms with van der Waals surface area (Å²) in [6, 6.07) is 3.93. The topological polar surface area (TPSA) is 54.5 Å². The van der Waals surface area contributed by atoms with E-state index in [0.717, 1.165) is 4.90 Å². The largest absolute Gasteiger partial charge is 0.299 e. The van der Waals surface area contributed by atoms with Crippen molar-refractivity contribution < 1.29 is 18.8 Å². The highest BCUT2D eigenvalue weighted by atomic mass is 19.1. The molecule has 1 amide bonds. The van der Waals surface area contributed by atoms with Gasteiger partial charge in [0, 0.05) is 6.42 Å². The molecular formula is C13H12FNO3. The van der Waals surface area contributed by atoms with E-state index in [2.05, 4.69) is 0 Å². The lowest BCUT2D eigenvalue weighted by Gasteiger charge is -2.15. The van der Waals surface area contributed by atoms with E-state index in [1.54, 1.807) is 0 Å². The van der Waals surface area contributed by atoms with Gasteiger partial charge in [0.1, 0.15) is 5.82 Å². The quantitative estimate of drug-likeness (QED) is 0.763. The van der Waals surface area contributed by atoms with Gasteiger partial charge in [0.25, 0.3) is 11.7 Å². The van der Waals surface area contributed by atoms with Crippen molar-refractivity contribution in [2.45, 2.75) is 19.8 Å². The van der Waals surface area contributed by atoms with Crippen LogP contribution in [0.4, 0.5) is 10.1 Å². The van der Waals surface area contributed by atoms with Gasteiger partial charge in [-0.15, -0.1) is 0 Å². The average molecular weight is 249 g/mol. The first-order chi connectivity index (χ1) is 8.56. The van der Waals surface area contributed by atoms with Crippen molar-refractivity contribution in [3.63, 3.8) is 0 Å². The van der Waals surface area contributed by atoms with Crippen molar-refractivity contribution in [2.75, 3.05) is 11.4 Å². The van der Waals surface area contributed by atoms with Crippen LogP contribution in [0.15, 0.2) is 18.2 Å². The molecule has 0 fully saturated rings. The Morgan fingerprint density at radius 2 is 2.06 bits per heavy atom. The van der Waals surface area contributed by atoms with E-state index in [1.165, 1.54) is 18.2 Å². The molecular weight excluding hydrogens is 237 g/mol. The number of fused-ring (bicyclic) bond motifs is 1. The molecule has 0 aliphatic carbocycles. The Labute approximate surface area is 103 Å². The average Bonchev–Trinajstić information content (AvgIpc) is 2.56. The van der Waals surface area contributed by atoms with Crippen molar-refractivity contribution in [1.29, 1.82) is 0 Å². The summed E-state index contributed by atoms with van der Waals surface area (Å²) in [5, 5.41) is 0. The number of carbonyl (C=O) groups is 3. The highest BCUT2D eigenvalue weighted by Crippen LogP contribution is 2.31. The maximum Gasteiger partial charge on any atom is 0.299 e. The monoisotopic (exact) mass is 249 g/mol. The van der Waals surface area contributed by atoms with E-state index in [0.29, 0.717) is 12.8 Å². The van der Waals surface area contributed by atoms with E-state index < -0.39 is 17.5 Å². The van der Waals surface area contributed by atoms with Crippen molar-refractivity contribution in [3.05, 3.63) is 29.6 Å². The fourth-order valence-electron chi connectivity index (χ4n) is 2.00. The molecule has 18 heavy (non-hydrogen) atoms. The van der Waals surface area contributed by atoms with E-state index >= 15 is 0 Å². The number of benzene rings is 1. The summed E-state index contributed by atoms with van der Waals surface area (Å²) in [7, 11) is 0. The first-order valence-corrected chi connectivity index (χ1v) is 5.72. The predicted molar refractivity (Wildman–Crippen MR) is 63.0 cm³/mol. The molecule has 0 N–H and O–H groups in total. The number of anilines is 1. The zero-order chi connectivity index (χ0) is 13.3. The molecule has 2 rings (SSSR count). The number of carbonyl (C=O) groups excluding carboxylic acids is 3. The van der Waals surface area contributed by atoms with Crippen molar-refractivity contribution in [2.24, 2.45) is 0 Å². The molecule has 1 aliphatic heterocycles. The van der Waals surface area contributed by atoms with Gasteiger partial charge in [-0.25, -0.2) is 4.39 Å². The van der Waals surface area contributed by atoms with Crippen LogP contribution in [0.25, 0.3) is 0 Å². The molecule has 0 bridgehead atoms. The Bertz CT molecular complexity index is 539. The summed E-state index contributed by atoms with van der Waals surface area (Å²) < 4.78 is 13.7. The van der Waals surface area contributed by atoms with Gasteiger partial charge in [-0.05, 0) is 18.6 Å². The Morgan fingerprint density at radius 3 is 2.72 bits per heavy atom. The number of nitrogens with zero attached hydrogens (tertiary/aromatic N) is 1. The lowest BCUT2D eigenvalue weighted by Crippen LogP contribution is -2.35. The van der Waals surface area contributed by atoms with Crippen LogP contribution in [0.1, 0.15) is 30.1 Å². The summed E-state index contributed by atoms with van der Waals surface area (Å²) in [6.07, 6.45) is 0.959. The molecule has 1 aromatic rings. The minimum Gasteiger partial charge on any atom is -0.298 e. The zero-order valence-corrected chi connectivity index (χ0v) is 9.90. The normalized spacial score (nSPS) is 14.0. The maximum atomic E-state index is 13.7. The van der Waals surface area contributed by atoms with Crippen molar-refractivity contribution in [1.82, 2.24) is 0 Å². The number of amides is 1. The molecule has 1 heterocycles. The Balaban J connectivity index is 2.36. The minimum atomic E-state index is -0.834. The van der Waals surface area contributed by atoms with E-state index in [-0.39, 0.29) is 23.6 Å². The van der Waals surface area contributed by atoms with Crippen LogP contribution in [-0.2, 0) is 9.59 Å². The molecule has 1 aromatic carbocycles. The van der Waals surface area contributed by atoms with Gasteiger partial charge in [-0.1, -0.05) is 13.0 Å². The second kappa shape index (κ2) is 4.68. The van der Waals surface area contributed by atoms with Crippen LogP contribution < -0.4 is 4.90 Å². The van der Waals surface area contributed by atoms with Crippen molar-refractivity contribution in [3.8, 4) is 0 Å². The van der Waals surface area contributed by atoms with Crippen LogP contribution in [0, 0.1) is 5.82 Å². The van der Waals surface area contributed by atoms with Gasteiger partial charge in [0.2, 0.25) is 0 Å². The van der Waals surface area contributed by atoms with Gasteiger partial charge in [0.15, 0.2) is 5.78 Å². The van der Waals surface area contributed by atoms with Gasteiger partial charge >= 0.3 is 0 Å². The van der Waals surface area contributed by atoms with E-state index in [4.69, 9.17) is 0 Å². The third-order valence-corrected chi connectivity index (χ3v) is 2.80.